The zero-order valence-corrected chi connectivity index (χ0v) is 14.0. The second kappa shape index (κ2) is 6.07. The number of fused-ring (bicyclic) bond motifs is 1. The molecule has 0 aliphatic heterocycles. The molecule has 1 amide bonds. The van der Waals surface area contributed by atoms with E-state index >= 15 is 0 Å². The molecule has 0 unspecified atom stereocenters. The number of imidazole rings is 1. The molecule has 3 heterocycles. The fourth-order valence-corrected chi connectivity index (χ4v) is 3.00. The highest BCUT2D eigenvalue weighted by atomic mass is 19.1. The summed E-state index contributed by atoms with van der Waals surface area (Å²) in [4.78, 5) is 20.3. The average Bonchev–Trinajstić information content (AvgIpc) is 3.05. The summed E-state index contributed by atoms with van der Waals surface area (Å²) >= 11 is 0. The number of nitrogens with zero attached hydrogens (tertiary/aromatic N) is 3. The molecule has 0 bridgehead atoms. The van der Waals surface area contributed by atoms with E-state index in [0.29, 0.717) is 22.6 Å². The van der Waals surface area contributed by atoms with Gasteiger partial charge in [0.05, 0.1) is 11.9 Å². The first kappa shape index (κ1) is 16.0. The number of aromatic nitrogens is 3. The number of halogens is 1. The maximum absolute atomic E-state index is 13.9. The van der Waals surface area contributed by atoms with Crippen molar-refractivity contribution in [2.75, 3.05) is 0 Å². The van der Waals surface area contributed by atoms with Gasteiger partial charge in [0.1, 0.15) is 17.2 Å². The number of carbonyl (C=O) groups is 1. The lowest BCUT2D eigenvalue weighted by molar-refractivity contribution is 0.0995. The predicted octanol–water partition coefficient (Wildman–Crippen LogP) is 3.61. The van der Waals surface area contributed by atoms with Crippen molar-refractivity contribution >= 4 is 11.6 Å². The number of primary amides is 1. The average molecular weight is 346 g/mol. The third-order valence-corrected chi connectivity index (χ3v) is 4.21. The van der Waals surface area contributed by atoms with E-state index < -0.39 is 5.91 Å². The minimum absolute atomic E-state index is 0.291. The lowest BCUT2D eigenvalue weighted by Crippen LogP contribution is -2.13. The maximum atomic E-state index is 13.9. The number of hydrogen-bond donors (Lipinski definition) is 1. The van der Waals surface area contributed by atoms with Gasteiger partial charge in [-0.25, -0.2) is 9.37 Å². The Kier molecular flexibility index (Phi) is 3.73. The van der Waals surface area contributed by atoms with E-state index in [2.05, 4.69) is 9.97 Å². The molecule has 128 valence electrons. The Bertz CT molecular complexity index is 1150. The molecule has 0 fully saturated rings. The Labute approximate surface area is 148 Å². The molecule has 3 aromatic heterocycles. The second-order valence-corrected chi connectivity index (χ2v) is 6.01. The molecule has 2 N–H and O–H groups in total. The van der Waals surface area contributed by atoms with Crippen LogP contribution in [0.5, 0.6) is 0 Å². The van der Waals surface area contributed by atoms with E-state index in [1.54, 1.807) is 22.7 Å². The summed E-state index contributed by atoms with van der Waals surface area (Å²) in [6.45, 7) is 1.89. The van der Waals surface area contributed by atoms with Gasteiger partial charge in [-0.15, -0.1) is 0 Å². The number of aryl methyl sites for hydroxylation is 1. The summed E-state index contributed by atoms with van der Waals surface area (Å²) < 4.78 is 15.6. The number of pyridine rings is 2. The number of rotatable bonds is 3. The van der Waals surface area contributed by atoms with Crippen LogP contribution in [0.1, 0.15) is 16.2 Å². The molecule has 26 heavy (non-hydrogen) atoms. The molecule has 0 saturated carbocycles. The van der Waals surface area contributed by atoms with Crippen molar-refractivity contribution in [2.45, 2.75) is 6.92 Å². The number of carbonyl (C=O) groups excluding carboxylic acids is 1. The van der Waals surface area contributed by atoms with Gasteiger partial charge in [0.25, 0.3) is 5.91 Å². The van der Waals surface area contributed by atoms with Gasteiger partial charge in [0.2, 0.25) is 0 Å². The molecule has 5 nitrogen and oxygen atoms in total. The lowest BCUT2D eigenvalue weighted by atomic mass is 9.98. The predicted molar refractivity (Wildman–Crippen MR) is 97.1 cm³/mol. The summed E-state index contributed by atoms with van der Waals surface area (Å²) in [7, 11) is 0. The van der Waals surface area contributed by atoms with Crippen LogP contribution in [0.15, 0.2) is 60.9 Å². The van der Waals surface area contributed by atoms with Crippen LogP contribution in [0.4, 0.5) is 4.39 Å². The third kappa shape index (κ3) is 2.71. The second-order valence-electron chi connectivity index (χ2n) is 6.01. The SMILES string of the molecule is Cc1cccc(-c2cc(F)ccc2-c2ccc3ncc(C(N)=O)n3c2)n1. The minimum atomic E-state index is -0.561. The first-order valence-corrected chi connectivity index (χ1v) is 8.04. The highest BCUT2D eigenvalue weighted by molar-refractivity contribution is 5.92. The third-order valence-electron chi connectivity index (χ3n) is 4.21. The van der Waals surface area contributed by atoms with Crippen LogP contribution in [-0.4, -0.2) is 20.3 Å². The number of nitrogens with two attached hydrogens (primary N) is 1. The minimum Gasteiger partial charge on any atom is -0.364 e. The fourth-order valence-electron chi connectivity index (χ4n) is 3.00. The molecule has 1 aromatic carbocycles. The quantitative estimate of drug-likeness (QED) is 0.616. The van der Waals surface area contributed by atoms with Crippen molar-refractivity contribution in [2.24, 2.45) is 5.73 Å². The molecule has 0 saturated heterocycles. The van der Waals surface area contributed by atoms with E-state index in [1.165, 1.54) is 18.3 Å². The Balaban J connectivity index is 1.95. The molecular formula is C20H15FN4O. The number of benzene rings is 1. The van der Waals surface area contributed by atoms with Crippen LogP contribution in [-0.2, 0) is 0 Å². The summed E-state index contributed by atoms with van der Waals surface area (Å²) in [6, 6.07) is 13.9. The highest BCUT2D eigenvalue weighted by Crippen LogP contribution is 2.32. The maximum Gasteiger partial charge on any atom is 0.267 e. The molecule has 0 atom stereocenters. The summed E-state index contributed by atoms with van der Waals surface area (Å²) in [5.41, 5.74) is 10.1. The molecule has 6 heteroatoms. The van der Waals surface area contributed by atoms with Crippen LogP contribution in [0.3, 0.4) is 0 Å². The largest absolute Gasteiger partial charge is 0.364 e. The van der Waals surface area contributed by atoms with Crippen molar-refractivity contribution in [1.82, 2.24) is 14.4 Å². The van der Waals surface area contributed by atoms with Gasteiger partial charge in [-0.05, 0) is 54.4 Å². The molecule has 0 radical (unpaired) electrons. The lowest BCUT2D eigenvalue weighted by Gasteiger charge is -2.11. The molecule has 0 aliphatic carbocycles. The molecule has 0 aliphatic rings. The Hall–Kier alpha value is -3.54. The molecular weight excluding hydrogens is 331 g/mol. The van der Waals surface area contributed by atoms with E-state index in [9.17, 15) is 9.18 Å². The molecule has 4 aromatic rings. The van der Waals surface area contributed by atoms with Gasteiger partial charge in [0.15, 0.2) is 0 Å². The summed E-state index contributed by atoms with van der Waals surface area (Å²) in [6.07, 6.45) is 3.21. The van der Waals surface area contributed by atoms with Crippen molar-refractivity contribution in [3.05, 3.63) is 78.1 Å². The topological polar surface area (TPSA) is 73.3 Å². The molecule has 4 rings (SSSR count). The van der Waals surface area contributed by atoms with Gasteiger partial charge in [-0.3, -0.25) is 14.2 Å². The summed E-state index contributed by atoms with van der Waals surface area (Å²) in [5.74, 6) is -0.900. The monoisotopic (exact) mass is 346 g/mol. The van der Waals surface area contributed by atoms with E-state index in [4.69, 9.17) is 5.73 Å². The Morgan fingerprint density at radius 1 is 1.12 bits per heavy atom. The van der Waals surface area contributed by atoms with Gasteiger partial charge in [0, 0.05) is 17.5 Å². The first-order valence-electron chi connectivity index (χ1n) is 8.04. The molecule has 0 spiro atoms. The van der Waals surface area contributed by atoms with Crippen LogP contribution < -0.4 is 5.73 Å². The Morgan fingerprint density at radius 2 is 1.96 bits per heavy atom. The van der Waals surface area contributed by atoms with Gasteiger partial charge < -0.3 is 5.73 Å². The van der Waals surface area contributed by atoms with Crippen molar-refractivity contribution in [1.29, 1.82) is 0 Å². The Morgan fingerprint density at radius 3 is 2.73 bits per heavy atom. The number of hydrogen-bond acceptors (Lipinski definition) is 3. The van der Waals surface area contributed by atoms with Crippen LogP contribution >= 0.6 is 0 Å². The highest BCUT2D eigenvalue weighted by Gasteiger charge is 2.13. The number of amides is 1. The van der Waals surface area contributed by atoms with Crippen molar-refractivity contribution in [3.8, 4) is 22.4 Å². The van der Waals surface area contributed by atoms with Gasteiger partial charge in [-0.1, -0.05) is 12.1 Å². The van der Waals surface area contributed by atoms with E-state index in [-0.39, 0.29) is 5.82 Å². The zero-order chi connectivity index (χ0) is 18.3. The smallest absolute Gasteiger partial charge is 0.267 e. The normalized spacial score (nSPS) is 11.0. The first-order chi connectivity index (χ1) is 12.5. The van der Waals surface area contributed by atoms with Crippen LogP contribution in [0, 0.1) is 12.7 Å². The van der Waals surface area contributed by atoms with Crippen LogP contribution in [0.25, 0.3) is 28.0 Å². The van der Waals surface area contributed by atoms with Crippen molar-refractivity contribution < 1.29 is 9.18 Å². The summed E-state index contributed by atoms with van der Waals surface area (Å²) in [5, 5.41) is 0. The fraction of sp³-hybridized carbons (Fsp3) is 0.0500. The van der Waals surface area contributed by atoms with Gasteiger partial charge in [-0.2, -0.15) is 0 Å². The standard InChI is InChI=1S/C20H15FN4O/c1-12-3-2-4-17(24-12)16-9-14(21)6-7-15(16)13-5-8-19-23-10-18(20(22)26)25(19)11-13/h2-11H,1H3,(H2,22,26). The van der Waals surface area contributed by atoms with E-state index in [1.807, 2.05) is 31.2 Å². The van der Waals surface area contributed by atoms with E-state index in [0.717, 1.165) is 16.8 Å². The van der Waals surface area contributed by atoms with Crippen LogP contribution in [0.2, 0.25) is 0 Å². The van der Waals surface area contributed by atoms with Crippen molar-refractivity contribution in [3.63, 3.8) is 0 Å². The van der Waals surface area contributed by atoms with Gasteiger partial charge >= 0.3 is 0 Å². The zero-order valence-electron chi connectivity index (χ0n) is 14.0.